The third-order valence-corrected chi connectivity index (χ3v) is 5.30. The first-order valence-corrected chi connectivity index (χ1v) is 10.3. The second kappa shape index (κ2) is 9.57. The molecule has 2 aromatic rings. The number of carbonyl (C=O) groups excluding carboxylic acids is 3. The van der Waals surface area contributed by atoms with Gasteiger partial charge in [0.2, 0.25) is 0 Å². The van der Waals surface area contributed by atoms with Crippen LogP contribution in [0.4, 0.5) is 0 Å². The molecule has 158 valence electrons. The van der Waals surface area contributed by atoms with Crippen molar-refractivity contribution in [2.24, 2.45) is 0 Å². The summed E-state index contributed by atoms with van der Waals surface area (Å²) >= 11 is 0. The Hall–Kier alpha value is -3.15. The molecule has 1 aliphatic rings. The molecule has 0 saturated carbocycles. The van der Waals surface area contributed by atoms with Crippen molar-refractivity contribution < 1.29 is 19.1 Å². The van der Waals surface area contributed by atoms with Crippen LogP contribution in [0, 0.1) is 0 Å². The molecule has 6 nitrogen and oxygen atoms in total. The largest absolute Gasteiger partial charge is 0.427 e. The van der Waals surface area contributed by atoms with E-state index < -0.39 is 5.97 Å². The first-order chi connectivity index (χ1) is 14.3. The summed E-state index contributed by atoms with van der Waals surface area (Å²) < 4.78 is 5.06. The highest BCUT2D eigenvalue weighted by molar-refractivity contribution is 5.95. The number of hydrogen-bond acceptors (Lipinski definition) is 4. The minimum absolute atomic E-state index is 0.0405. The van der Waals surface area contributed by atoms with Crippen LogP contribution < -0.4 is 10.1 Å². The lowest BCUT2D eigenvalue weighted by Crippen LogP contribution is -2.46. The van der Waals surface area contributed by atoms with Gasteiger partial charge >= 0.3 is 5.97 Å². The van der Waals surface area contributed by atoms with Crippen LogP contribution in [0.1, 0.15) is 65.8 Å². The lowest BCUT2D eigenvalue weighted by atomic mass is 10.0. The van der Waals surface area contributed by atoms with E-state index in [0.717, 1.165) is 0 Å². The van der Waals surface area contributed by atoms with Gasteiger partial charge in [-0.15, -0.1) is 0 Å². The number of rotatable bonds is 5. The number of nitrogens with one attached hydrogen (secondary N) is 1. The predicted octanol–water partition coefficient (Wildman–Crippen LogP) is 3.77. The molecule has 0 unspecified atom stereocenters. The summed E-state index contributed by atoms with van der Waals surface area (Å²) in [5, 5.41) is 3.08. The molecular formula is C24H28N2O4. The molecule has 0 aromatic heterocycles. The monoisotopic (exact) mass is 408 g/mol. The van der Waals surface area contributed by atoms with Crippen molar-refractivity contribution in [3.8, 4) is 5.75 Å². The lowest BCUT2D eigenvalue weighted by molar-refractivity contribution is -0.131. The smallest absolute Gasteiger partial charge is 0.308 e. The van der Waals surface area contributed by atoms with E-state index in [-0.39, 0.29) is 17.9 Å². The third kappa shape index (κ3) is 5.47. The maximum Gasteiger partial charge on any atom is 0.308 e. The highest BCUT2D eigenvalue weighted by atomic mass is 16.5. The fourth-order valence-electron chi connectivity index (χ4n) is 3.56. The molecule has 1 aliphatic heterocycles. The molecule has 1 N–H and O–H groups in total. The molecule has 6 heteroatoms. The van der Waals surface area contributed by atoms with Crippen LogP contribution in [0.5, 0.6) is 5.75 Å². The first kappa shape index (κ1) is 21.6. The highest BCUT2D eigenvalue weighted by Gasteiger charge is 2.25. The number of ether oxygens (including phenoxy) is 1. The van der Waals surface area contributed by atoms with Crippen molar-refractivity contribution >= 4 is 17.8 Å². The Morgan fingerprint density at radius 3 is 2.27 bits per heavy atom. The molecule has 0 aliphatic carbocycles. The van der Waals surface area contributed by atoms with Crippen LogP contribution in [0.3, 0.4) is 0 Å². The van der Waals surface area contributed by atoms with Gasteiger partial charge in [0.15, 0.2) is 0 Å². The fourth-order valence-corrected chi connectivity index (χ4v) is 3.56. The Balaban J connectivity index is 1.53. The number of hydrogen-bond donors (Lipinski definition) is 1. The molecule has 1 fully saturated rings. The van der Waals surface area contributed by atoms with E-state index >= 15 is 0 Å². The maximum absolute atomic E-state index is 12.8. The summed E-state index contributed by atoms with van der Waals surface area (Å²) in [5.74, 6) is 0.190. The van der Waals surface area contributed by atoms with E-state index in [0.29, 0.717) is 48.7 Å². The molecule has 2 amide bonds. The maximum atomic E-state index is 12.8. The van der Waals surface area contributed by atoms with Crippen LogP contribution in [-0.4, -0.2) is 41.8 Å². The minimum atomic E-state index is -0.421. The molecule has 2 aromatic carbocycles. The number of carbonyl (C=O) groups is 3. The van der Waals surface area contributed by atoms with Crippen molar-refractivity contribution in [1.82, 2.24) is 10.2 Å². The molecule has 0 atom stereocenters. The topological polar surface area (TPSA) is 75.7 Å². The van der Waals surface area contributed by atoms with Crippen molar-refractivity contribution in [1.29, 1.82) is 0 Å². The van der Waals surface area contributed by atoms with Gasteiger partial charge in [-0.1, -0.05) is 32.0 Å². The SMILES string of the molecule is CC(=O)Oc1cccc(C(=O)N2CCC(NC(=O)c3ccc(C(C)C)cc3)CC2)c1. The molecule has 1 heterocycles. The highest BCUT2D eigenvalue weighted by Crippen LogP contribution is 2.19. The van der Waals surface area contributed by atoms with Gasteiger partial charge in [0.25, 0.3) is 11.8 Å². The predicted molar refractivity (Wildman–Crippen MR) is 115 cm³/mol. The van der Waals surface area contributed by atoms with Crippen molar-refractivity contribution in [2.45, 2.75) is 45.6 Å². The number of amides is 2. The Morgan fingerprint density at radius 1 is 1.00 bits per heavy atom. The third-order valence-electron chi connectivity index (χ3n) is 5.30. The second-order valence-electron chi connectivity index (χ2n) is 7.94. The van der Waals surface area contributed by atoms with Crippen LogP contribution >= 0.6 is 0 Å². The average Bonchev–Trinajstić information content (AvgIpc) is 2.73. The molecule has 3 rings (SSSR count). The summed E-state index contributed by atoms with van der Waals surface area (Å²) in [6, 6.07) is 14.4. The summed E-state index contributed by atoms with van der Waals surface area (Å²) in [4.78, 5) is 38.2. The number of piperidine rings is 1. The minimum Gasteiger partial charge on any atom is -0.427 e. The van der Waals surface area contributed by atoms with Gasteiger partial charge in [0.05, 0.1) is 0 Å². The van der Waals surface area contributed by atoms with Gasteiger partial charge in [-0.25, -0.2) is 0 Å². The van der Waals surface area contributed by atoms with Gasteiger partial charge in [0, 0.05) is 37.2 Å². The Bertz CT molecular complexity index is 913. The molecule has 0 spiro atoms. The second-order valence-corrected chi connectivity index (χ2v) is 7.94. The van der Waals surface area contributed by atoms with Crippen LogP contribution in [0.25, 0.3) is 0 Å². The van der Waals surface area contributed by atoms with E-state index in [9.17, 15) is 14.4 Å². The molecule has 0 radical (unpaired) electrons. The first-order valence-electron chi connectivity index (χ1n) is 10.3. The van der Waals surface area contributed by atoms with Gasteiger partial charge < -0.3 is 15.0 Å². The zero-order chi connectivity index (χ0) is 21.7. The molecule has 0 bridgehead atoms. The standard InChI is InChI=1S/C24H28N2O4/c1-16(2)18-7-9-19(10-8-18)23(28)25-21-11-13-26(14-12-21)24(29)20-5-4-6-22(15-20)30-17(3)27/h4-10,15-16,21H,11-14H2,1-3H3,(H,25,28). The Labute approximate surface area is 177 Å². The van der Waals surface area contributed by atoms with E-state index in [2.05, 4.69) is 19.2 Å². The van der Waals surface area contributed by atoms with Gasteiger partial charge in [-0.2, -0.15) is 0 Å². The summed E-state index contributed by atoms with van der Waals surface area (Å²) in [6.07, 6.45) is 1.40. The Morgan fingerprint density at radius 2 is 1.67 bits per heavy atom. The molecule has 1 saturated heterocycles. The number of benzene rings is 2. The fraction of sp³-hybridized carbons (Fsp3) is 0.375. The van der Waals surface area contributed by atoms with Crippen LogP contribution in [0.2, 0.25) is 0 Å². The van der Waals surface area contributed by atoms with E-state index in [1.807, 2.05) is 24.3 Å². The van der Waals surface area contributed by atoms with Crippen LogP contribution in [0.15, 0.2) is 48.5 Å². The van der Waals surface area contributed by atoms with Crippen molar-refractivity contribution in [3.63, 3.8) is 0 Å². The summed E-state index contributed by atoms with van der Waals surface area (Å²) in [5.41, 5.74) is 2.35. The van der Waals surface area contributed by atoms with Crippen molar-refractivity contribution in [3.05, 3.63) is 65.2 Å². The summed E-state index contributed by atoms with van der Waals surface area (Å²) in [6.45, 7) is 6.70. The van der Waals surface area contributed by atoms with E-state index in [1.165, 1.54) is 12.5 Å². The average molecular weight is 408 g/mol. The van der Waals surface area contributed by atoms with E-state index in [4.69, 9.17) is 4.74 Å². The zero-order valence-corrected chi connectivity index (χ0v) is 17.7. The van der Waals surface area contributed by atoms with Gasteiger partial charge in [-0.3, -0.25) is 14.4 Å². The van der Waals surface area contributed by atoms with E-state index in [1.54, 1.807) is 29.2 Å². The molecular weight excluding hydrogens is 380 g/mol. The normalized spacial score (nSPS) is 14.5. The molecule has 30 heavy (non-hydrogen) atoms. The quantitative estimate of drug-likeness (QED) is 0.604. The Kier molecular flexibility index (Phi) is 6.87. The number of esters is 1. The number of likely N-dealkylation sites (tertiary alicyclic amines) is 1. The number of nitrogens with zero attached hydrogens (tertiary/aromatic N) is 1. The van der Waals surface area contributed by atoms with Gasteiger partial charge in [-0.05, 0) is 54.7 Å². The zero-order valence-electron chi connectivity index (χ0n) is 17.7. The van der Waals surface area contributed by atoms with Crippen molar-refractivity contribution in [2.75, 3.05) is 13.1 Å². The van der Waals surface area contributed by atoms with Gasteiger partial charge in [0.1, 0.15) is 5.75 Å². The van der Waals surface area contributed by atoms with Crippen LogP contribution in [-0.2, 0) is 4.79 Å². The lowest BCUT2D eigenvalue weighted by Gasteiger charge is -2.32. The summed E-state index contributed by atoms with van der Waals surface area (Å²) in [7, 11) is 0.